The topological polar surface area (TPSA) is 152 Å². The van der Waals surface area contributed by atoms with Crippen LogP contribution in [0.15, 0.2) is 59.7 Å². The number of fused-ring (bicyclic) bond motifs is 6. The molecule has 0 N–H and O–H groups in total. The van der Waals surface area contributed by atoms with Crippen LogP contribution in [0, 0.1) is 29.1 Å². The van der Waals surface area contributed by atoms with Crippen molar-refractivity contribution in [1.82, 2.24) is 34.4 Å². The molecule has 0 radical (unpaired) electrons. The fraction of sp³-hybridized carbons (Fsp3) is 0.537. The third-order valence-corrected chi connectivity index (χ3v) is 14.1. The van der Waals surface area contributed by atoms with E-state index in [0.29, 0.717) is 65.1 Å². The number of cyclic esters (lactones) is 1. The number of rotatable bonds is 10. The molecule has 4 aromatic rings. The van der Waals surface area contributed by atoms with Gasteiger partial charge < -0.3 is 23.7 Å². The highest BCUT2D eigenvalue weighted by atomic mass is 19.4. The second-order valence-electron chi connectivity index (χ2n) is 21.0. The van der Waals surface area contributed by atoms with Gasteiger partial charge in [-0.15, -0.1) is 0 Å². The highest BCUT2D eigenvalue weighted by Gasteiger charge is 2.40. The van der Waals surface area contributed by atoms with Crippen LogP contribution < -0.4 is 0 Å². The molecular weight excluding hydrogens is 930 g/mol. The zero-order valence-electron chi connectivity index (χ0n) is 43.2. The van der Waals surface area contributed by atoms with Crippen LogP contribution in [-0.2, 0) is 52.8 Å². The second-order valence-corrected chi connectivity index (χ2v) is 21.0. The number of ether oxygens (including phenoxy) is 3. The summed E-state index contributed by atoms with van der Waals surface area (Å²) in [7, 11) is 6.94. The number of benzene rings is 1. The van der Waals surface area contributed by atoms with Crippen LogP contribution >= 0.6 is 0 Å². The van der Waals surface area contributed by atoms with Crippen LogP contribution in [0.1, 0.15) is 84.2 Å². The molecule has 3 aromatic heterocycles. The number of pyridine rings is 2. The number of carbonyl (C=O) groups excluding carboxylic acids is 4. The lowest BCUT2D eigenvalue weighted by atomic mass is 9.85. The van der Waals surface area contributed by atoms with Gasteiger partial charge in [0, 0.05) is 68.5 Å². The molecule has 72 heavy (non-hydrogen) atoms. The molecule has 6 heterocycles. The summed E-state index contributed by atoms with van der Waals surface area (Å²) in [6.45, 7) is 12.6. The van der Waals surface area contributed by atoms with Crippen molar-refractivity contribution in [1.29, 1.82) is 0 Å². The van der Waals surface area contributed by atoms with Gasteiger partial charge in [-0.3, -0.25) is 34.1 Å². The number of methoxy groups -OCH3 is 1. The van der Waals surface area contributed by atoms with E-state index in [-0.39, 0.29) is 67.5 Å². The average molecular weight is 997 g/mol. The summed E-state index contributed by atoms with van der Waals surface area (Å²) in [6, 6.07) is 13.1. The van der Waals surface area contributed by atoms with Gasteiger partial charge in [0.25, 0.3) is 17.7 Å². The number of hydrogen-bond donors (Lipinski definition) is 0. The van der Waals surface area contributed by atoms with Crippen molar-refractivity contribution in [3.63, 3.8) is 0 Å². The minimum absolute atomic E-state index is 0.00687. The number of likely N-dealkylation sites (N-methyl/N-ethyl adjacent to an activating group) is 1. The van der Waals surface area contributed by atoms with Gasteiger partial charge in [-0.2, -0.15) is 13.2 Å². The molecule has 0 spiro atoms. The minimum atomic E-state index is -4.61. The Bertz CT molecular complexity index is 2780. The van der Waals surface area contributed by atoms with E-state index < -0.39 is 59.5 Å². The predicted octanol–water partition coefficient (Wildman–Crippen LogP) is 7.35. The van der Waals surface area contributed by atoms with Gasteiger partial charge in [-0.1, -0.05) is 51.8 Å². The molecule has 3 aliphatic rings. The van der Waals surface area contributed by atoms with Crippen LogP contribution in [0.5, 0.6) is 0 Å². The van der Waals surface area contributed by atoms with Gasteiger partial charge in [0.15, 0.2) is 0 Å². The first-order valence-corrected chi connectivity index (χ1v) is 24.5. The first kappa shape index (κ1) is 53.8. The lowest BCUT2D eigenvalue weighted by Crippen LogP contribution is -2.58. The molecule has 6 bridgehead atoms. The molecule has 15 nitrogen and oxygen atoms in total. The van der Waals surface area contributed by atoms with Crippen LogP contribution in [0.4, 0.5) is 13.2 Å². The summed E-state index contributed by atoms with van der Waals surface area (Å²) >= 11 is 0. The van der Waals surface area contributed by atoms with Crippen molar-refractivity contribution in [2.45, 2.75) is 111 Å². The quantitative estimate of drug-likeness (QED) is 0.116. The number of alkyl halides is 3. The van der Waals surface area contributed by atoms with Crippen molar-refractivity contribution in [2.75, 3.05) is 61.1 Å². The fourth-order valence-corrected chi connectivity index (χ4v) is 9.13. The van der Waals surface area contributed by atoms with Gasteiger partial charge in [-0.25, -0.2) is 15.0 Å². The van der Waals surface area contributed by atoms with Crippen LogP contribution in [0.3, 0.4) is 0 Å². The molecule has 386 valence electrons. The Balaban J connectivity index is 1.28. The minimum Gasteiger partial charge on any atom is -0.464 e. The summed E-state index contributed by atoms with van der Waals surface area (Å²) in [4.78, 5) is 73.9. The van der Waals surface area contributed by atoms with Gasteiger partial charge in [0.2, 0.25) is 0 Å². The van der Waals surface area contributed by atoms with Crippen molar-refractivity contribution >= 4 is 40.4 Å². The molecule has 18 heteroatoms. The zero-order valence-corrected chi connectivity index (χ0v) is 43.2. The van der Waals surface area contributed by atoms with Gasteiger partial charge >= 0.3 is 12.1 Å². The van der Waals surface area contributed by atoms with E-state index in [0.717, 1.165) is 0 Å². The third-order valence-electron chi connectivity index (χ3n) is 14.1. The number of hydrazine groups is 1. The summed E-state index contributed by atoms with van der Waals surface area (Å²) in [5.74, 6) is 2.80. The maximum absolute atomic E-state index is 14.8. The third kappa shape index (κ3) is 12.1. The SMILES string of the molecule is CO[C@@H](C)c1ncccc1-c1c2c3nc(ccc3n1CC(F)(F)F)-c1cccc(c1)C/C(=N/C(=O)[C@@H](COC1CN(C(=O)C#CC(C)(C)N(C)C)C1)C(C)C)C(=O)N1CCC[C@@H](C(=O)OCC(C)(C)C2)N1C. The van der Waals surface area contributed by atoms with Crippen molar-refractivity contribution in [2.24, 2.45) is 22.2 Å². The van der Waals surface area contributed by atoms with Crippen LogP contribution in [-0.4, -0.2) is 149 Å². The second kappa shape index (κ2) is 21.6. The van der Waals surface area contributed by atoms with E-state index in [9.17, 15) is 32.3 Å². The number of likely N-dealkylation sites (tertiary alicyclic amines) is 1. The number of amides is 3. The average Bonchev–Trinajstić information content (AvgIpc) is 3.58. The van der Waals surface area contributed by atoms with Gasteiger partial charge in [-0.05, 0) is 102 Å². The maximum atomic E-state index is 14.8. The molecule has 0 unspecified atom stereocenters. The Morgan fingerprint density at radius 2 is 1.79 bits per heavy atom. The highest BCUT2D eigenvalue weighted by molar-refractivity contribution is 6.40. The van der Waals surface area contributed by atoms with Gasteiger partial charge in [0.1, 0.15) is 18.3 Å². The molecule has 2 saturated heterocycles. The van der Waals surface area contributed by atoms with E-state index in [1.54, 1.807) is 66.5 Å². The Morgan fingerprint density at radius 1 is 1.06 bits per heavy atom. The molecule has 7 rings (SSSR count). The van der Waals surface area contributed by atoms with E-state index in [4.69, 9.17) is 19.2 Å². The molecule has 3 amide bonds. The van der Waals surface area contributed by atoms with E-state index in [1.807, 2.05) is 72.7 Å². The molecule has 0 aliphatic carbocycles. The summed E-state index contributed by atoms with van der Waals surface area (Å²) < 4.78 is 63.3. The van der Waals surface area contributed by atoms with Crippen molar-refractivity contribution < 1.29 is 46.6 Å². The Labute approximate surface area is 420 Å². The number of carbonyl (C=O) groups is 4. The lowest BCUT2D eigenvalue weighted by Gasteiger charge is -2.41. The predicted molar refractivity (Wildman–Crippen MR) is 267 cm³/mol. The number of aliphatic imine (C=N–C) groups is 1. The van der Waals surface area contributed by atoms with Gasteiger partial charge in [0.05, 0.1) is 65.0 Å². The van der Waals surface area contributed by atoms with Crippen LogP contribution in [0.2, 0.25) is 0 Å². The molecule has 2 fully saturated rings. The number of aromatic nitrogens is 3. The monoisotopic (exact) mass is 997 g/mol. The molecule has 1 aromatic carbocycles. The molecule has 0 saturated carbocycles. The number of esters is 1. The highest BCUT2D eigenvalue weighted by Crippen LogP contribution is 2.42. The molecule has 3 aliphatic heterocycles. The van der Waals surface area contributed by atoms with E-state index in [1.165, 1.54) is 16.7 Å². The number of hydrogen-bond acceptors (Lipinski definition) is 11. The van der Waals surface area contributed by atoms with Crippen LogP contribution in [0.25, 0.3) is 33.5 Å². The Morgan fingerprint density at radius 3 is 2.47 bits per heavy atom. The number of halogens is 3. The van der Waals surface area contributed by atoms with Crippen molar-refractivity contribution in [3.8, 4) is 34.4 Å². The molecular formula is C54H67F3N8O7. The van der Waals surface area contributed by atoms with E-state index in [2.05, 4.69) is 21.8 Å². The Hall–Kier alpha value is -6.00. The van der Waals surface area contributed by atoms with Crippen molar-refractivity contribution in [3.05, 3.63) is 71.5 Å². The van der Waals surface area contributed by atoms with E-state index >= 15 is 0 Å². The first-order chi connectivity index (χ1) is 33.9. The summed E-state index contributed by atoms with van der Waals surface area (Å²) in [5, 5.41) is 2.99. The summed E-state index contributed by atoms with van der Waals surface area (Å²) in [5.41, 5.74) is 2.62. The fourth-order valence-electron chi connectivity index (χ4n) is 9.13. The lowest BCUT2D eigenvalue weighted by molar-refractivity contribution is -0.169. The normalized spacial score (nSPS) is 19.7. The largest absolute Gasteiger partial charge is 0.464 e. The zero-order chi connectivity index (χ0) is 52.4. The smallest absolute Gasteiger partial charge is 0.406 e. The first-order valence-electron chi connectivity index (χ1n) is 24.5. The number of nitrogens with zero attached hydrogens (tertiary/aromatic N) is 8. The standard InChI is InChI=1S/C54H67F3N8O7/c1-33(2)40(30-71-37-28-63(29-37)45(66)21-22-53(6,7)61(8)9)49(67)60-42-26-35-15-12-16-36(25-35)41-19-20-43-47(59-41)39(27-52(4,5)32-72-51(69)44-18-14-24-65(50(42)68)62(44)10)48(64(43)31-54(55,56)57)38-17-13-23-58-46(38)34(3)70-11/h12-13,15-17,19-20,23,25,33-34,37,40,44H,14,18,24,26-32H2,1-11H3/b60-42-/t34-,40-,44-/m0/s1. The molecule has 3 atom stereocenters. The Kier molecular flexibility index (Phi) is 16.1. The summed E-state index contributed by atoms with van der Waals surface area (Å²) in [6.07, 6.45) is -2.99. The maximum Gasteiger partial charge on any atom is 0.406 e.